The summed E-state index contributed by atoms with van der Waals surface area (Å²) in [4.78, 5) is 0. The zero-order valence-electron chi connectivity index (χ0n) is 15.7. The number of hydrogen-bond donors (Lipinski definition) is 3. The van der Waals surface area contributed by atoms with Crippen molar-refractivity contribution < 1.29 is 53.2 Å². The van der Waals surface area contributed by atoms with Gasteiger partial charge in [0.15, 0.2) is 0 Å². The van der Waals surface area contributed by atoms with E-state index in [0.29, 0.717) is 0 Å². The minimum Gasteiger partial charge on any atom is -0.394 e. The highest BCUT2D eigenvalue weighted by Gasteiger charge is 2.40. The van der Waals surface area contributed by atoms with Crippen LogP contribution in [0.3, 0.4) is 0 Å². The van der Waals surface area contributed by atoms with Gasteiger partial charge in [0, 0.05) is 28.4 Å². The Labute approximate surface area is 153 Å². The molecular weight excluding hydrogens is 356 g/mol. The highest BCUT2D eigenvalue weighted by atomic mass is 16.7. The molecule has 11 heteroatoms. The molecule has 0 aromatic heterocycles. The van der Waals surface area contributed by atoms with Gasteiger partial charge in [0.1, 0.15) is 57.7 Å². The molecule has 3 N–H and O–H groups in total. The fourth-order valence-electron chi connectivity index (χ4n) is 2.12. The summed E-state index contributed by atoms with van der Waals surface area (Å²) < 4.78 is 41.1. The van der Waals surface area contributed by atoms with E-state index in [1.54, 1.807) is 0 Å². The maximum absolute atomic E-state index is 10.4. The van der Waals surface area contributed by atoms with Crippen molar-refractivity contribution >= 4 is 0 Å². The summed E-state index contributed by atoms with van der Waals surface area (Å²) in [6.45, 7) is -1.28. The van der Waals surface area contributed by atoms with Crippen molar-refractivity contribution in [2.24, 2.45) is 0 Å². The summed E-state index contributed by atoms with van der Waals surface area (Å²) in [6, 6.07) is 0. The molecule has 0 unspecified atom stereocenters. The summed E-state index contributed by atoms with van der Waals surface area (Å²) in [5.41, 5.74) is 0. The van der Waals surface area contributed by atoms with Gasteiger partial charge in [0.2, 0.25) is 0 Å². The lowest BCUT2D eigenvalue weighted by molar-refractivity contribution is -0.247. The molecule has 0 spiro atoms. The summed E-state index contributed by atoms with van der Waals surface area (Å²) in [6.07, 6.45) is -5.67. The first kappa shape index (κ1) is 25.6. The molecule has 0 aliphatic heterocycles. The molecular formula is C15H32O11. The second-order valence-corrected chi connectivity index (χ2v) is 5.21. The van der Waals surface area contributed by atoms with E-state index in [1.807, 2.05) is 0 Å². The van der Waals surface area contributed by atoms with E-state index in [1.165, 1.54) is 28.4 Å². The normalized spacial score (nSPS) is 17.7. The van der Waals surface area contributed by atoms with Crippen molar-refractivity contribution in [3.8, 4) is 0 Å². The smallest absolute Gasteiger partial charge is 0.146 e. The lowest BCUT2D eigenvalue weighted by atomic mass is 9.99. The standard InChI is InChI=1S/C15H32O11/c1-19-7-23-6-12(18)14(25-9-21-3)15(26-10-22-4)13(11(17)5-16)24-8-20-2/h11-18H,5-10H2,1-4H3/t11-,12-,13-,14+,15+/m0/s1. The number of methoxy groups -OCH3 is 4. The molecule has 0 heterocycles. The molecule has 5 atom stereocenters. The van der Waals surface area contributed by atoms with E-state index < -0.39 is 37.1 Å². The first-order valence-corrected chi connectivity index (χ1v) is 7.92. The first-order chi connectivity index (χ1) is 12.6. The maximum Gasteiger partial charge on any atom is 0.146 e. The largest absolute Gasteiger partial charge is 0.394 e. The highest BCUT2D eigenvalue weighted by Crippen LogP contribution is 2.19. The van der Waals surface area contributed by atoms with E-state index in [0.717, 1.165) is 0 Å². The average Bonchev–Trinajstić information content (AvgIpc) is 2.65. The third-order valence-corrected chi connectivity index (χ3v) is 3.22. The van der Waals surface area contributed by atoms with Crippen LogP contribution >= 0.6 is 0 Å². The van der Waals surface area contributed by atoms with Crippen LogP contribution in [0.5, 0.6) is 0 Å². The number of ether oxygens (including phenoxy) is 8. The zero-order valence-corrected chi connectivity index (χ0v) is 15.7. The van der Waals surface area contributed by atoms with E-state index in [-0.39, 0.29) is 33.8 Å². The third kappa shape index (κ3) is 10.0. The van der Waals surface area contributed by atoms with Gasteiger partial charge < -0.3 is 53.2 Å². The Morgan fingerprint density at radius 1 is 0.615 bits per heavy atom. The Kier molecular flexibility index (Phi) is 16.4. The third-order valence-electron chi connectivity index (χ3n) is 3.22. The monoisotopic (exact) mass is 388 g/mol. The molecule has 0 saturated carbocycles. The van der Waals surface area contributed by atoms with Crippen molar-refractivity contribution in [2.45, 2.75) is 30.5 Å². The number of rotatable bonds is 18. The molecule has 0 amide bonds. The van der Waals surface area contributed by atoms with E-state index in [4.69, 9.17) is 37.9 Å². The van der Waals surface area contributed by atoms with Crippen LogP contribution in [0.4, 0.5) is 0 Å². The SMILES string of the molecule is COCOC[C@H](O)[C@@H](OCOC)[C@H](OCOC)[C@@H](OCOC)[C@@H](O)CO. The van der Waals surface area contributed by atoms with Crippen molar-refractivity contribution in [1.82, 2.24) is 0 Å². The molecule has 158 valence electrons. The molecule has 0 rings (SSSR count). The highest BCUT2D eigenvalue weighted by molar-refractivity contribution is 4.88. The molecule has 0 aliphatic rings. The Bertz CT molecular complexity index is 307. The average molecular weight is 388 g/mol. The van der Waals surface area contributed by atoms with Crippen molar-refractivity contribution in [1.29, 1.82) is 0 Å². The second kappa shape index (κ2) is 16.7. The van der Waals surface area contributed by atoms with Gasteiger partial charge in [0.25, 0.3) is 0 Å². The van der Waals surface area contributed by atoms with Crippen LogP contribution in [-0.2, 0) is 37.9 Å². The van der Waals surface area contributed by atoms with Gasteiger partial charge in [-0.3, -0.25) is 0 Å². The first-order valence-electron chi connectivity index (χ1n) is 7.92. The minimum absolute atomic E-state index is 0.0273. The molecule has 0 saturated heterocycles. The fourth-order valence-corrected chi connectivity index (χ4v) is 2.12. The van der Waals surface area contributed by atoms with Gasteiger partial charge in [0.05, 0.1) is 13.2 Å². The lowest BCUT2D eigenvalue weighted by Gasteiger charge is -2.36. The molecule has 0 bridgehead atoms. The van der Waals surface area contributed by atoms with Crippen LogP contribution in [-0.4, -0.2) is 115 Å². The van der Waals surface area contributed by atoms with Gasteiger partial charge in [-0.05, 0) is 0 Å². The molecule has 26 heavy (non-hydrogen) atoms. The summed E-state index contributed by atoms with van der Waals surface area (Å²) in [5, 5.41) is 29.9. The van der Waals surface area contributed by atoms with E-state index >= 15 is 0 Å². The number of aliphatic hydroxyl groups is 3. The van der Waals surface area contributed by atoms with Crippen LogP contribution < -0.4 is 0 Å². The molecule has 11 nitrogen and oxygen atoms in total. The van der Waals surface area contributed by atoms with Gasteiger partial charge in [-0.15, -0.1) is 0 Å². The van der Waals surface area contributed by atoms with Gasteiger partial charge in [-0.1, -0.05) is 0 Å². The molecule has 0 radical (unpaired) electrons. The van der Waals surface area contributed by atoms with Crippen LogP contribution in [0.2, 0.25) is 0 Å². The van der Waals surface area contributed by atoms with Gasteiger partial charge >= 0.3 is 0 Å². The molecule has 0 aromatic rings. The topological polar surface area (TPSA) is 135 Å². The Morgan fingerprint density at radius 3 is 1.46 bits per heavy atom. The van der Waals surface area contributed by atoms with Crippen molar-refractivity contribution in [3.05, 3.63) is 0 Å². The Hall–Kier alpha value is -0.440. The van der Waals surface area contributed by atoms with Crippen LogP contribution in [0.15, 0.2) is 0 Å². The van der Waals surface area contributed by atoms with E-state index in [2.05, 4.69) is 0 Å². The summed E-state index contributed by atoms with van der Waals surface area (Å²) >= 11 is 0. The molecule has 0 fully saturated rings. The van der Waals surface area contributed by atoms with Gasteiger partial charge in [-0.2, -0.15) is 0 Å². The van der Waals surface area contributed by atoms with Crippen LogP contribution in [0, 0.1) is 0 Å². The summed E-state index contributed by atoms with van der Waals surface area (Å²) in [7, 11) is 5.67. The molecule has 0 aliphatic carbocycles. The maximum atomic E-state index is 10.4. The molecule has 0 aromatic carbocycles. The van der Waals surface area contributed by atoms with Crippen LogP contribution in [0.25, 0.3) is 0 Å². The Balaban J connectivity index is 5.38. The predicted molar refractivity (Wildman–Crippen MR) is 87.2 cm³/mol. The fraction of sp³-hybridized carbons (Fsp3) is 1.00. The quantitative estimate of drug-likeness (QED) is 0.183. The van der Waals surface area contributed by atoms with Crippen LogP contribution in [0.1, 0.15) is 0 Å². The number of aliphatic hydroxyl groups excluding tert-OH is 3. The zero-order chi connectivity index (χ0) is 19.8. The van der Waals surface area contributed by atoms with E-state index in [9.17, 15) is 15.3 Å². The summed E-state index contributed by atoms with van der Waals surface area (Å²) in [5.74, 6) is 0. The van der Waals surface area contributed by atoms with Crippen molar-refractivity contribution in [3.63, 3.8) is 0 Å². The lowest BCUT2D eigenvalue weighted by Crippen LogP contribution is -2.55. The Morgan fingerprint density at radius 2 is 1.04 bits per heavy atom. The number of hydrogen-bond acceptors (Lipinski definition) is 11. The second-order valence-electron chi connectivity index (χ2n) is 5.21. The van der Waals surface area contributed by atoms with Crippen molar-refractivity contribution in [2.75, 3.05) is 68.8 Å². The minimum atomic E-state index is -1.33. The van der Waals surface area contributed by atoms with Gasteiger partial charge in [-0.25, -0.2) is 0 Å². The predicted octanol–water partition coefficient (Wildman–Crippen LogP) is -1.71.